The van der Waals surface area contributed by atoms with E-state index in [1.807, 2.05) is 46.8 Å². The summed E-state index contributed by atoms with van der Waals surface area (Å²) in [7, 11) is 0. The van der Waals surface area contributed by atoms with Crippen molar-refractivity contribution in [3.63, 3.8) is 0 Å². The smallest absolute Gasteiger partial charge is 0.414 e. The van der Waals surface area contributed by atoms with E-state index in [1.165, 1.54) is 0 Å². The molecule has 2 saturated heterocycles. The number of aryl methyl sites for hydroxylation is 3. The summed E-state index contributed by atoms with van der Waals surface area (Å²) in [5, 5.41) is 9.97. The van der Waals surface area contributed by atoms with Crippen molar-refractivity contribution >= 4 is 23.6 Å². The van der Waals surface area contributed by atoms with E-state index in [-0.39, 0.29) is 24.6 Å². The lowest BCUT2D eigenvalue weighted by Gasteiger charge is -2.23. The van der Waals surface area contributed by atoms with Crippen LogP contribution in [0.15, 0.2) is 24.3 Å². The molecule has 2 unspecified atom stereocenters. The fourth-order valence-corrected chi connectivity index (χ4v) is 4.61. The van der Waals surface area contributed by atoms with Gasteiger partial charge < -0.3 is 19.3 Å². The number of ether oxygens (including phenoxy) is 3. The maximum Gasteiger partial charge on any atom is 0.414 e. The zero-order valence-corrected chi connectivity index (χ0v) is 20.4. The largest absolute Gasteiger partial charge is 0.508 e. The summed E-state index contributed by atoms with van der Waals surface area (Å²) >= 11 is 0. The van der Waals surface area contributed by atoms with Crippen LogP contribution in [-0.2, 0) is 22.3 Å². The van der Waals surface area contributed by atoms with Crippen molar-refractivity contribution < 1.29 is 28.9 Å². The van der Waals surface area contributed by atoms with Crippen molar-refractivity contribution in [1.29, 1.82) is 0 Å². The molecule has 2 amide bonds. The molecule has 2 aromatic carbocycles. The first-order chi connectivity index (χ1) is 16.2. The van der Waals surface area contributed by atoms with E-state index in [0.717, 1.165) is 46.5 Å². The number of amides is 2. The number of anilines is 2. The third kappa shape index (κ3) is 4.49. The highest BCUT2D eigenvalue weighted by atomic mass is 16.6. The summed E-state index contributed by atoms with van der Waals surface area (Å²) in [5.41, 5.74) is 5.03. The number of benzene rings is 2. The average Bonchev–Trinajstić information content (AvgIpc) is 3.33. The Morgan fingerprint density at radius 1 is 0.941 bits per heavy atom. The monoisotopic (exact) mass is 468 g/mol. The van der Waals surface area contributed by atoms with Gasteiger partial charge in [0.2, 0.25) is 0 Å². The maximum absolute atomic E-state index is 12.8. The lowest BCUT2D eigenvalue weighted by molar-refractivity contribution is 0.104. The quantitative estimate of drug-likeness (QED) is 0.623. The molecule has 2 heterocycles. The second-order valence-corrected chi connectivity index (χ2v) is 8.96. The first kappa shape index (κ1) is 23.7. The number of cyclic esters (lactones) is 2. The molecule has 8 nitrogen and oxygen atoms in total. The molecule has 0 aliphatic carbocycles. The third-order valence-electron chi connectivity index (χ3n) is 6.32. The van der Waals surface area contributed by atoms with Crippen LogP contribution in [0.4, 0.5) is 21.0 Å². The molecule has 2 atom stereocenters. The molecule has 0 radical (unpaired) electrons. The second-order valence-electron chi connectivity index (χ2n) is 8.96. The van der Waals surface area contributed by atoms with Gasteiger partial charge in [0.05, 0.1) is 24.5 Å². The van der Waals surface area contributed by atoms with E-state index < -0.39 is 12.2 Å². The van der Waals surface area contributed by atoms with Crippen molar-refractivity contribution in [2.24, 2.45) is 0 Å². The van der Waals surface area contributed by atoms with Gasteiger partial charge in [-0.25, -0.2) is 9.59 Å². The van der Waals surface area contributed by atoms with Gasteiger partial charge in [-0.3, -0.25) is 9.80 Å². The van der Waals surface area contributed by atoms with Gasteiger partial charge in [-0.05, 0) is 80.1 Å². The minimum atomic E-state index is -0.448. The Balaban J connectivity index is 1.54. The molecular weight excluding hydrogens is 436 g/mol. The third-order valence-corrected chi connectivity index (χ3v) is 6.32. The Labute approximate surface area is 200 Å². The Kier molecular flexibility index (Phi) is 6.59. The molecule has 2 fully saturated rings. The SMILES string of the molecule is CCc1cc(O)cc(CC)c1OCC1CN(c2cc(C)cc(N3CC(C)OC3=O)c2C)C(=O)O1. The van der Waals surface area contributed by atoms with Crippen LogP contribution in [0.5, 0.6) is 11.5 Å². The lowest BCUT2D eigenvalue weighted by Crippen LogP contribution is -2.29. The molecule has 8 heteroatoms. The zero-order valence-electron chi connectivity index (χ0n) is 20.4. The molecule has 2 aliphatic rings. The van der Waals surface area contributed by atoms with Gasteiger partial charge in [-0.15, -0.1) is 0 Å². The molecular formula is C26H32N2O6. The van der Waals surface area contributed by atoms with Crippen LogP contribution < -0.4 is 14.5 Å². The Morgan fingerprint density at radius 3 is 2.03 bits per heavy atom. The fourth-order valence-electron chi connectivity index (χ4n) is 4.61. The van der Waals surface area contributed by atoms with Gasteiger partial charge in [0.25, 0.3) is 0 Å². The van der Waals surface area contributed by atoms with E-state index in [4.69, 9.17) is 14.2 Å². The Hall–Kier alpha value is -3.42. The summed E-state index contributed by atoms with van der Waals surface area (Å²) < 4.78 is 17.0. The lowest BCUT2D eigenvalue weighted by atomic mass is 10.0. The molecule has 2 aromatic rings. The van der Waals surface area contributed by atoms with Crippen molar-refractivity contribution in [3.8, 4) is 11.5 Å². The normalized spacial score (nSPS) is 20.0. The standard InChI is InChI=1S/C26H32N2O6/c1-6-18-10-20(29)11-19(7-2)24(18)32-14-21-13-28(26(31)34-21)23-9-15(3)8-22(17(23)5)27-12-16(4)33-25(27)30/h8-11,16,21,29H,6-7,12-14H2,1-5H3. The number of phenols is 1. The summed E-state index contributed by atoms with van der Waals surface area (Å²) in [6.07, 6.45) is -0.0184. The minimum Gasteiger partial charge on any atom is -0.508 e. The topological polar surface area (TPSA) is 88.5 Å². The number of hydrogen-bond donors (Lipinski definition) is 1. The van der Waals surface area contributed by atoms with Gasteiger partial charge in [-0.2, -0.15) is 0 Å². The number of phenolic OH excluding ortho intramolecular Hbond substituents is 1. The minimum absolute atomic E-state index is 0.185. The number of carbonyl (C=O) groups excluding carboxylic acids is 2. The predicted octanol–water partition coefficient (Wildman–Crippen LogP) is 4.88. The van der Waals surface area contributed by atoms with E-state index in [0.29, 0.717) is 18.8 Å². The molecule has 4 rings (SSSR count). The van der Waals surface area contributed by atoms with Crippen LogP contribution in [0.3, 0.4) is 0 Å². The summed E-state index contributed by atoms with van der Waals surface area (Å²) in [5.74, 6) is 0.967. The average molecular weight is 469 g/mol. The summed E-state index contributed by atoms with van der Waals surface area (Å²) in [6, 6.07) is 7.29. The van der Waals surface area contributed by atoms with Crippen molar-refractivity contribution in [2.75, 3.05) is 29.5 Å². The van der Waals surface area contributed by atoms with Gasteiger partial charge in [0, 0.05) is 0 Å². The van der Waals surface area contributed by atoms with Crippen LogP contribution >= 0.6 is 0 Å². The number of aromatic hydroxyl groups is 1. The molecule has 182 valence electrons. The molecule has 0 saturated carbocycles. The van der Waals surface area contributed by atoms with E-state index in [9.17, 15) is 14.7 Å². The number of carbonyl (C=O) groups is 2. The van der Waals surface area contributed by atoms with Crippen molar-refractivity contribution in [3.05, 3.63) is 46.5 Å². The van der Waals surface area contributed by atoms with Crippen LogP contribution in [0.25, 0.3) is 0 Å². The van der Waals surface area contributed by atoms with Gasteiger partial charge in [-0.1, -0.05) is 13.8 Å². The molecule has 2 aliphatic heterocycles. The van der Waals surface area contributed by atoms with Gasteiger partial charge >= 0.3 is 12.2 Å². The number of hydrogen-bond acceptors (Lipinski definition) is 6. The number of rotatable bonds is 7. The highest BCUT2D eigenvalue weighted by Crippen LogP contribution is 2.36. The predicted molar refractivity (Wildman–Crippen MR) is 129 cm³/mol. The zero-order chi connectivity index (χ0) is 24.6. The summed E-state index contributed by atoms with van der Waals surface area (Å²) in [4.78, 5) is 28.3. The second kappa shape index (κ2) is 9.44. The maximum atomic E-state index is 12.8. The van der Waals surface area contributed by atoms with Crippen LogP contribution in [0, 0.1) is 13.8 Å². The summed E-state index contributed by atoms with van der Waals surface area (Å²) in [6.45, 7) is 10.7. The van der Waals surface area contributed by atoms with Crippen LogP contribution in [-0.4, -0.2) is 49.2 Å². The van der Waals surface area contributed by atoms with Crippen LogP contribution in [0.1, 0.15) is 43.0 Å². The molecule has 1 N–H and O–H groups in total. The molecule has 0 spiro atoms. The van der Waals surface area contributed by atoms with Crippen molar-refractivity contribution in [2.45, 2.75) is 59.7 Å². The Bertz CT molecular complexity index is 1090. The fraction of sp³-hybridized carbons (Fsp3) is 0.462. The van der Waals surface area contributed by atoms with E-state index in [1.54, 1.807) is 21.9 Å². The first-order valence-electron chi connectivity index (χ1n) is 11.8. The molecule has 0 aromatic heterocycles. The first-order valence-corrected chi connectivity index (χ1v) is 11.8. The van der Waals surface area contributed by atoms with E-state index >= 15 is 0 Å². The molecule has 0 bridgehead atoms. The molecule has 34 heavy (non-hydrogen) atoms. The van der Waals surface area contributed by atoms with Crippen molar-refractivity contribution in [1.82, 2.24) is 0 Å². The van der Waals surface area contributed by atoms with Gasteiger partial charge in [0.15, 0.2) is 6.10 Å². The highest BCUT2D eigenvalue weighted by Gasteiger charge is 2.36. The Morgan fingerprint density at radius 2 is 1.50 bits per heavy atom. The number of nitrogens with zero attached hydrogens (tertiary/aromatic N) is 2. The van der Waals surface area contributed by atoms with E-state index in [2.05, 4.69) is 0 Å². The van der Waals surface area contributed by atoms with Gasteiger partial charge in [0.1, 0.15) is 24.2 Å². The van der Waals surface area contributed by atoms with Crippen LogP contribution in [0.2, 0.25) is 0 Å². The highest BCUT2D eigenvalue weighted by molar-refractivity contribution is 5.96.